The van der Waals surface area contributed by atoms with Gasteiger partial charge < -0.3 is 0 Å². The van der Waals surface area contributed by atoms with Crippen molar-refractivity contribution in [3.8, 4) is 0 Å². The molecule has 30 heavy (non-hydrogen) atoms. The number of hydrogen-bond donors (Lipinski definition) is 0. The summed E-state index contributed by atoms with van der Waals surface area (Å²) in [4.78, 5) is 9.35. The van der Waals surface area contributed by atoms with Crippen LogP contribution in [0.3, 0.4) is 0 Å². The molecule has 2 aliphatic rings. The third kappa shape index (κ3) is 3.37. The lowest BCUT2D eigenvalue weighted by Gasteiger charge is -1.96. The van der Waals surface area contributed by atoms with E-state index >= 15 is 0 Å². The summed E-state index contributed by atoms with van der Waals surface area (Å²) < 4.78 is 3.44. The molecule has 5 rings (SSSR count). The predicted octanol–water partition coefficient (Wildman–Crippen LogP) is 5.33. The molecule has 0 saturated heterocycles. The highest BCUT2D eigenvalue weighted by Crippen LogP contribution is 2.20. The van der Waals surface area contributed by atoms with Gasteiger partial charge in [0.2, 0.25) is 0 Å². The van der Waals surface area contributed by atoms with E-state index in [1.165, 1.54) is 0 Å². The maximum Gasteiger partial charge on any atom is 0.0854 e. The fourth-order valence-corrected chi connectivity index (χ4v) is 3.55. The van der Waals surface area contributed by atoms with Gasteiger partial charge in [0.05, 0.1) is 55.2 Å². The zero-order chi connectivity index (χ0) is 20.5. The van der Waals surface area contributed by atoms with Gasteiger partial charge in [0, 0.05) is 0 Å². The molecule has 0 spiro atoms. The first-order valence-corrected chi connectivity index (χ1v) is 9.81. The molecular formula is C22H12N6S2. The SMILES string of the molecule is S=C=Nn1c2ccc1cc1nc(cc3ccc(cc4nc(c2)C=C4)n3N=C=S)C=C1. The minimum absolute atomic E-state index is 0.802. The van der Waals surface area contributed by atoms with Crippen LogP contribution in [0.2, 0.25) is 0 Å². The summed E-state index contributed by atoms with van der Waals surface area (Å²) in [7, 11) is 0. The van der Waals surface area contributed by atoms with E-state index in [4.69, 9.17) is 24.4 Å². The van der Waals surface area contributed by atoms with Gasteiger partial charge in [0.25, 0.3) is 0 Å². The average Bonchev–Trinajstić information content (AvgIpc) is 3.51. The van der Waals surface area contributed by atoms with Crippen molar-refractivity contribution >= 4 is 81.1 Å². The highest BCUT2D eigenvalue weighted by Gasteiger charge is 2.06. The van der Waals surface area contributed by atoms with Crippen LogP contribution in [0.1, 0.15) is 22.8 Å². The lowest BCUT2D eigenvalue weighted by atomic mass is 10.3. The Labute approximate surface area is 181 Å². The molecule has 142 valence electrons. The van der Waals surface area contributed by atoms with Crippen molar-refractivity contribution in [2.45, 2.75) is 0 Å². The second kappa shape index (κ2) is 7.55. The van der Waals surface area contributed by atoms with Crippen LogP contribution >= 0.6 is 24.4 Å². The maximum absolute atomic E-state index is 4.84. The van der Waals surface area contributed by atoms with Gasteiger partial charge in [0.15, 0.2) is 0 Å². The van der Waals surface area contributed by atoms with Crippen LogP contribution in [0.5, 0.6) is 0 Å². The molecule has 6 nitrogen and oxygen atoms in total. The molecule has 0 atom stereocenters. The van der Waals surface area contributed by atoms with Gasteiger partial charge in [-0.2, -0.15) is 0 Å². The Morgan fingerprint density at radius 3 is 1.13 bits per heavy atom. The van der Waals surface area contributed by atoms with Crippen molar-refractivity contribution in [3.63, 3.8) is 0 Å². The van der Waals surface area contributed by atoms with Crippen LogP contribution in [0.4, 0.5) is 0 Å². The monoisotopic (exact) mass is 424 g/mol. The van der Waals surface area contributed by atoms with E-state index in [2.05, 4.69) is 30.5 Å². The highest BCUT2D eigenvalue weighted by molar-refractivity contribution is 7.78. The molecule has 0 N–H and O–H groups in total. The minimum atomic E-state index is 0.802. The van der Waals surface area contributed by atoms with Crippen LogP contribution in [-0.2, 0) is 0 Å². The molecule has 0 saturated carbocycles. The van der Waals surface area contributed by atoms with Gasteiger partial charge in [-0.1, -0.05) is 0 Å². The van der Waals surface area contributed by atoms with Crippen molar-refractivity contribution in [2.24, 2.45) is 10.2 Å². The normalized spacial score (nSPS) is 11.7. The van der Waals surface area contributed by atoms with Crippen molar-refractivity contribution in [1.29, 1.82) is 0 Å². The third-order valence-corrected chi connectivity index (χ3v) is 4.82. The van der Waals surface area contributed by atoms with Gasteiger partial charge in [0.1, 0.15) is 0 Å². The van der Waals surface area contributed by atoms with E-state index in [1.807, 2.05) is 72.8 Å². The standard InChI is InChI=1S/C22H12N6S2/c29-13-23-27-19-5-6-21(27)11-17-3-4-18(26-17)12-22-8-7-20(28(22)24-14-30)10-16-2-1-15(9-19)25-16/h1-12H. The summed E-state index contributed by atoms with van der Waals surface area (Å²) in [5.41, 5.74) is 6.56. The smallest absolute Gasteiger partial charge is 0.0854 e. The fourth-order valence-electron chi connectivity index (χ4n) is 3.39. The van der Waals surface area contributed by atoms with Crippen LogP contribution in [0.25, 0.3) is 46.4 Å². The number of thiocarbonyl (C=S) groups is 2. The molecular weight excluding hydrogens is 412 g/mol. The summed E-state index contributed by atoms with van der Waals surface area (Å²) in [5, 5.41) is 13.3. The maximum atomic E-state index is 4.84. The van der Waals surface area contributed by atoms with Crippen molar-refractivity contribution in [1.82, 2.24) is 19.3 Å². The van der Waals surface area contributed by atoms with Gasteiger partial charge in [-0.25, -0.2) is 19.3 Å². The Morgan fingerprint density at radius 1 is 0.567 bits per heavy atom. The largest absolute Gasteiger partial charge is 0.249 e. The Bertz CT molecular complexity index is 1310. The molecule has 0 fully saturated rings. The number of rotatable bonds is 2. The first-order valence-electron chi connectivity index (χ1n) is 9.00. The van der Waals surface area contributed by atoms with Crippen LogP contribution in [-0.4, -0.2) is 29.6 Å². The Kier molecular flexibility index (Phi) is 4.59. The summed E-state index contributed by atoms with van der Waals surface area (Å²) >= 11 is 9.68. The number of fused-ring (bicyclic) bond motifs is 8. The highest BCUT2D eigenvalue weighted by atomic mass is 32.1. The van der Waals surface area contributed by atoms with E-state index in [1.54, 1.807) is 9.35 Å². The van der Waals surface area contributed by atoms with Gasteiger partial charge >= 0.3 is 0 Å². The van der Waals surface area contributed by atoms with E-state index in [0.717, 1.165) is 44.8 Å². The van der Waals surface area contributed by atoms with Crippen molar-refractivity contribution in [2.75, 3.05) is 0 Å². The predicted molar refractivity (Wildman–Crippen MR) is 127 cm³/mol. The molecule has 0 amide bonds. The van der Waals surface area contributed by atoms with Crippen molar-refractivity contribution < 1.29 is 0 Å². The summed E-state index contributed by atoms with van der Waals surface area (Å²) in [5.74, 6) is 0. The fraction of sp³-hybridized carbons (Fsp3) is 0. The second-order valence-corrected chi connectivity index (χ2v) is 6.90. The molecule has 0 aromatic carbocycles. The number of isothiocyanates is 2. The first kappa shape index (κ1) is 18.2. The summed E-state index contributed by atoms with van der Waals surface area (Å²) in [6.45, 7) is 0. The molecule has 2 aliphatic heterocycles. The molecule has 5 heterocycles. The van der Waals surface area contributed by atoms with Gasteiger partial charge in [-0.15, -0.1) is 10.2 Å². The average molecular weight is 425 g/mol. The van der Waals surface area contributed by atoms with Gasteiger partial charge in [-0.05, 0) is 97.3 Å². The number of hydrogen-bond acceptors (Lipinski definition) is 6. The Morgan fingerprint density at radius 2 is 0.867 bits per heavy atom. The van der Waals surface area contributed by atoms with E-state index in [0.29, 0.717) is 0 Å². The molecule has 3 aromatic heterocycles. The summed E-state index contributed by atoms with van der Waals surface area (Å²) in [6.07, 6.45) is 7.77. The Hall–Kier alpha value is -3.80. The van der Waals surface area contributed by atoms with Crippen molar-refractivity contribution in [3.05, 3.63) is 71.3 Å². The van der Waals surface area contributed by atoms with Crippen LogP contribution < -0.4 is 0 Å². The third-order valence-electron chi connectivity index (χ3n) is 4.66. The quantitative estimate of drug-likeness (QED) is 0.284. The molecule has 8 heteroatoms. The molecule has 3 aromatic rings. The van der Waals surface area contributed by atoms with E-state index in [-0.39, 0.29) is 0 Å². The van der Waals surface area contributed by atoms with Gasteiger partial charge in [-0.3, -0.25) is 0 Å². The molecule has 0 unspecified atom stereocenters. The van der Waals surface area contributed by atoms with Crippen LogP contribution in [0.15, 0.2) is 58.7 Å². The lowest BCUT2D eigenvalue weighted by molar-refractivity contribution is 0.974. The molecule has 0 aliphatic carbocycles. The van der Waals surface area contributed by atoms with Crippen LogP contribution in [0, 0.1) is 0 Å². The summed E-state index contributed by atoms with van der Waals surface area (Å²) in [6, 6.07) is 15.6. The number of nitrogens with zero attached hydrogens (tertiary/aromatic N) is 6. The number of aromatic nitrogens is 4. The zero-order valence-corrected chi connectivity index (χ0v) is 17.1. The molecule has 8 bridgehead atoms. The minimum Gasteiger partial charge on any atom is -0.249 e. The second-order valence-electron chi connectivity index (χ2n) is 6.54. The lowest BCUT2D eigenvalue weighted by Crippen LogP contribution is -1.87. The topological polar surface area (TPSA) is 60.4 Å². The molecule has 0 radical (unpaired) electrons. The Balaban J connectivity index is 1.93. The van der Waals surface area contributed by atoms with E-state index < -0.39 is 0 Å². The first-order chi connectivity index (χ1) is 14.7. The zero-order valence-electron chi connectivity index (χ0n) is 15.4. The van der Waals surface area contributed by atoms with E-state index in [9.17, 15) is 0 Å².